The third-order valence-corrected chi connectivity index (χ3v) is 5.54. The van der Waals surface area contributed by atoms with Gasteiger partial charge in [-0.05, 0) is 51.8 Å². The van der Waals surface area contributed by atoms with Crippen molar-refractivity contribution in [3.63, 3.8) is 0 Å². The fourth-order valence-corrected chi connectivity index (χ4v) is 3.82. The Kier molecular flexibility index (Phi) is 5.28. The van der Waals surface area contributed by atoms with E-state index in [1.807, 2.05) is 29.1 Å². The Morgan fingerprint density at radius 3 is 2.90 bits per heavy atom. The number of pyridine rings is 2. The molecule has 164 valence electrons. The van der Waals surface area contributed by atoms with Gasteiger partial charge in [0.25, 0.3) is 0 Å². The molecule has 1 saturated heterocycles. The number of hydrogen-bond donors (Lipinski definition) is 2. The van der Waals surface area contributed by atoms with E-state index in [0.717, 1.165) is 21.4 Å². The highest BCUT2D eigenvalue weighted by atomic mass is 19.1. The van der Waals surface area contributed by atoms with E-state index in [9.17, 15) is 9.90 Å². The van der Waals surface area contributed by atoms with Crippen molar-refractivity contribution in [3.05, 3.63) is 36.8 Å². The van der Waals surface area contributed by atoms with E-state index in [2.05, 4.69) is 36.2 Å². The van der Waals surface area contributed by atoms with Crippen molar-refractivity contribution in [2.75, 3.05) is 25.0 Å². The second-order valence-electron chi connectivity index (χ2n) is 9.08. The smallest absolute Gasteiger partial charge is 0.407 e. The molecule has 0 aromatic carbocycles. The molecule has 9 heteroatoms. The summed E-state index contributed by atoms with van der Waals surface area (Å²) in [6.07, 6.45) is 5.10. The minimum atomic E-state index is -1.65. The van der Waals surface area contributed by atoms with Gasteiger partial charge in [-0.25, -0.2) is 14.2 Å². The zero-order chi connectivity index (χ0) is 22.2. The summed E-state index contributed by atoms with van der Waals surface area (Å²) in [6.45, 7) is 6.38. The standard InChI is InChI=1S/C22H27FN6O2/c1-21(2,3)29-12-15(11-26-29)17-10-18-16(6-4-8-24-18)19(27-17)25-13-22(23)7-5-9-28(14-22)20(30)31/h4,6,8,10-12H,5,7,9,13-14H2,1-3H3,(H,25,27)(H,30,31)/t22-/m1/s1. The van der Waals surface area contributed by atoms with Crippen LogP contribution < -0.4 is 5.32 Å². The summed E-state index contributed by atoms with van der Waals surface area (Å²) in [6, 6.07) is 5.59. The fraction of sp³-hybridized carbons (Fsp3) is 0.455. The van der Waals surface area contributed by atoms with Gasteiger partial charge in [0.2, 0.25) is 0 Å². The molecular weight excluding hydrogens is 399 g/mol. The second kappa shape index (κ2) is 7.79. The lowest BCUT2D eigenvalue weighted by molar-refractivity contribution is 0.0537. The van der Waals surface area contributed by atoms with Gasteiger partial charge < -0.3 is 15.3 Å². The van der Waals surface area contributed by atoms with Crippen LogP contribution in [-0.2, 0) is 5.54 Å². The number of fused-ring (bicyclic) bond motifs is 1. The molecule has 1 amide bonds. The zero-order valence-electron chi connectivity index (χ0n) is 18.0. The normalized spacial score (nSPS) is 19.5. The molecule has 2 N–H and O–H groups in total. The highest BCUT2D eigenvalue weighted by Gasteiger charge is 2.37. The van der Waals surface area contributed by atoms with Crippen LogP contribution in [0.4, 0.5) is 15.0 Å². The molecule has 31 heavy (non-hydrogen) atoms. The van der Waals surface area contributed by atoms with Crippen LogP contribution in [-0.4, -0.2) is 61.2 Å². The Morgan fingerprint density at radius 2 is 2.19 bits per heavy atom. The molecular formula is C22H27FN6O2. The van der Waals surface area contributed by atoms with Crippen molar-refractivity contribution in [2.45, 2.75) is 44.8 Å². The van der Waals surface area contributed by atoms with E-state index in [1.54, 1.807) is 12.4 Å². The summed E-state index contributed by atoms with van der Waals surface area (Å²) in [5, 5.41) is 17.6. The van der Waals surface area contributed by atoms with Crippen LogP contribution in [0, 0.1) is 0 Å². The predicted octanol–water partition coefficient (Wildman–Crippen LogP) is 4.14. The average Bonchev–Trinajstić information content (AvgIpc) is 3.23. The number of carbonyl (C=O) groups is 1. The maximum absolute atomic E-state index is 15.4. The van der Waals surface area contributed by atoms with Gasteiger partial charge in [0, 0.05) is 29.9 Å². The van der Waals surface area contributed by atoms with Gasteiger partial charge in [-0.3, -0.25) is 9.67 Å². The van der Waals surface area contributed by atoms with E-state index in [4.69, 9.17) is 4.98 Å². The topological polar surface area (TPSA) is 96.2 Å². The zero-order valence-corrected chi connectivity index (χ0v) is 18.0. The Balaban J connectivity index is 1.64. The molecule has 1 fully saturated rings. The lowest BCUT2D eigenvalue weighted by atomic mass is 9.95. The highest BCUT2D eigenvalue weighted by molar-refractivity contribution is 5.91. The van der Waals surface area contributed by atoms with E-state index < -0.39 is 11.8 Å². The van der Waals surface area contributed by atoms with E-state index in [-0.39, 0.29) is 18.6 Å². The highest BCUT2D eigenvalue weighted by Crippen LogP contribution is 2.30. The monoisotopic (exact) mass is 426 g/mol. The fourth-order valence-electron chi connectivity index (χ4n) is 3.82. The first-order valence-electron chi connectivity index (χ1n) is 10.4. The summed E-state index contributed by atoms with van der Waals surface area (Å²) in [5.41, 5.74) is 0.455. The quantitative estimate of drug-likeness (QED) is 0.651. The van der Waals surface area contributed by atoms with Crippen molar-refractivity contribution in [2.24, 2.45) is 0 Å². The molecule has 0 aliphatic carbocycles. The van der Waals surface area contributed by atoms with Gasteiger partial charge in [-0.2, -0.15) is 5.10 Å². The van der Waals surface area contributed by atoms with Gasteiger partial charge >= 0.3 is 6.09 Å². The largest absolute Gasteiger partial charge is 0.465 e. The molecule has 3 aromatic rings. The Morgan fingerprint density at radius 1 is 1.39 bits per heavy atom. The number of carboxylic acid groups (broad SMARTS) is 1. The number of likely N-dealkylation sites (tertiary alicyclic amines) is 1. The third-order valence-electron chi connectivity index (χ3n) is 5.54. The molecule has 3 aromatic heterocycles. The number of rotatable bonds is 4. The maximum atomic E-state index is 15.4. The number of nitrogens with one attached hydrogen (secondary N) is 1. The number of halogens is 1. The minimum Gasteiger partial charge on any atom is -0.465 e. The lowest BCUT2D eigenvalue weighted by Gasteiger charge is -2.36. The van der Waals surface area contributed by atoms with Crippen LogP contribution in [0.1, 0.15) is 33.6 Å². The average molecular weight is 426 g/mol. The molecule has 0 radical (unpaired) electrons. The lowest BCUT2D eigenvalue weighted by Crippen LogP contribution is -2.50. The summed E-state index contributed by atoms with van der Waals surface area (Å²) in [5.74, 6) is 0.522. The van der Waals surface area contributed by atoms with Gasteiger partial charge in [0.15, 0.2) is 0 Å². The number of anilines is 1. The first kappa shape index (κ1) is 21.0. The number of nitrogens with zero attached hydrogens (tertiary/aromatic N) is 5. The van der Waals surface area contributed by atoms with Crippen molar-refractivity contribution in [1.29, 1.82) is 0 Å². The number of hydrogen-bond acceptors (Lipinski definition) is 5. The molecule has 0 bridgehead atoms. The number of alkyl halides is 1. The van der Waals surface area contributed by atoms with E-state index in [0.29, 0.717) is 30.9 Å². The molecule has 1 atom stereocenters. The second-order valence-corrected chi connectivity index (χ2v) is 9.08. The summed E-state index contributed by atoms with van der Waals surface area (Å²) < 4.78 is 17.3. The SMILES string of the molecule is CC(C)(C)n1cc(-c2cc3ncccc3c(NC[C@]3(F)CCCN(C(=O)O)C3)n2)cn1. The first-order valence-corrected chi connectivity index (χ1v) is 10.4. The van der Waals surface area contributed by atoms with Crippen LogP contribution in [0.15, 0.2) is 36.8 Å². The van der Waals surface area contributed by atoms with Gasteiger partial charge in [0.05, 0.1) is 36.0 Å². The van der Waals surface area contributed by atoms with Crippen molar-refractivity contribution in [3.8, 4) is 11.3 Å². The van der Waals surface area contributed by atoms with Gasteiger partial charge in [-0.1, -0.05) is 0 Å². The van der Waals surface area contributed by atoms with Crippen LogP contribution >= 0.6 is 0 Å². The molecule has 0 spiro atoms. The van der Waals surface area contributed by atoms with Crippen LogP contribution in [0.3, 0.4) is 0 Å². The van der Waals surface area contributed by atoms with Crippen molar-refractivity contribution >= 4 is 22.8 Å². The number of piperidine rings is 1. The molecule has 1 aliphatic heterocycles. The van der Waals surface area contributed by atoms with Crippen molar-refractivity contribution in [1.82, 2.24) is 24.6 Å². The van der Waals surface area contributed by atoms with Gasteiger partial charge in [0.1, 0.15) is 11.5 Å². The Hall–Kier alpha value is -3.23. The van der Waals surface area contributed by atoms with Crippen LogP contribution in [0.5, 0.6) is 0 Å². The molecule has 0 unspecified atom stereocenters. The molecule has 4 heterocycles. The van der Waals surface area contributed by atoms with Gasteiger partial charge in [-0.15, -0.1) is 0 Å². The van der Waals surface area contributed by atoms with E-state index >= 15 is 4.39 Å². The number of aromatic nitrogens is 4. The Labute approximate surface area is 180 Å². The maximum Gasteiger partial charge on any atom is 0.407 e. The minimum absolute atomic E-state index is 0.0293. The predicted molar refractivity (Wildman–Crippen MR) is 117 cm³/mol. The first-order chi connectivity index (χ1) is 14.6. The van der Waals surface area contributed by atoms with Crippen LogP contribution in [0.25, 0.3) is 22.2 Å². The summed E-state index contributed by atoms with van der Waals surface area (Å²) >= 11 is 0. The molecule has 0 saturated carbocycles. The summed E-state index contributed by atoms with van der Waals surface area (Å²) in [4.78, 5) is 21.6. The van der Waals surface area contributed by atoms with E-state index in [1.165, 1.54) is 0 Å². The number of amides is 1. The molecule has 8 nitrogen and oxygen atoms in total. The Bertz CT molecular complexity index is 1110. The summed E-state index contributed by atoms with van der Waals surface area (Å²) in [7, 11) is 0. The third kappa shape index (κ3) is 4.45. The van der Waals surface area contributed by atoms with Crippen LogP contribution in [0.2, 0.25) is 0 Å². The van der Waals surface area contributed by atoms with Crippen molar-refractivity contribution < 1.29 is 14.3 Å². The molecule has 4 rings (SSSR count). The molecule has 1 aliphatic rings.